The molecule has 0 atom stereocenters. The van der Waals surface area contributed by atoms with E-state index in [0.717, 1.165) is 37.9 Å². The number of likely N-dealkylation sites (N-methyl/N-ethyl adjacent to an activating group) is 1. The molecule has 2 aromatic rings. The van der Waals surface area contributed by atoms with Crippen molar-refractivity contribution in [3.8, 4) is 0 Å². The quantitative estimate of drug-likeness (QED) is 0.809. The molecule has 4 heteroatoms. The molecule has 1 saturated carbocycles. The Balaban J connectivity index is 1.47. The van der Waals surface area contributed by atoms with E-state index >= 15 is 0 Å². The van der Waals surface area contributed by atoms with Crippen LogP contribution in [0.15, 0.2) is 34.3 Å². The fraction of sp³-hybridized carbons (Fsp3) is 0.500. The summed E-state index contributed by atoms with van der Waals surface area (Å²) in [5.41, 5.74) is 1.31. The molecule has 1 aliphatic rings. The third kappa shape index (κ3) is 3.95. The minimum atomic E-state index is 0.726. The first kappa shape index (κ1) is 13.9. The molecule has 0 amide bonds. The van der Waals surface area contributed by atoms with Gasteiger partial charge in [0.05, 0.1) is 12.8 Å². The molecular formula is C16H22N2OS. The molecule has 3 rings (SSSR count). The monoisotopic (exact) mass is 290 g/mol. The third-order valence-corrected chi connectivity index (χ3v) is 4.66. The van der Waals surface area contributed by atoms with Crippen molar-refractivity contribution in [3.05, 3.63) is 46.0 Å². The lowest BCUT2D eigenvalue weighted by Gasteiger charge is -2.16. The second-order valence-electron chi connectivity index (χ2n) is 5.59. The number of nitrogens with zero attached hydrogens (tertiary/aromatic N) is 1. The van der Waals surface area contributed by atoms with Crippen LogP contribution in [0.1, 0.15) is 29.0 Å². The highest BCUT2D eigenvalue weighted by Gasteiger charge is 2.21. The van der Waals surface area contributed by atoms with Crippen molar-refractivity contribution in [2.75, 3.05) is 13.6 Å². The van der Waals surface area contributed by atoms with E-state index in [1.165, 1.54) is 23.3 Å². The number of hydrogen-bond acceptors (Lipinski definition) is 4. The first-order valence-corrected chi connectivity index (χ1v) is 8.19. The summed E-state index contributed by atoms with van der Waals surface area (Å²) in [4.78, 5) is 3.82. The number of thiophene rings is 1. The van der Waals surface area contributed by atoms with Crippen molar-refractivity contribution in [3.63, 3.8) is 0 Å². The van der Waals surface area contributed by atoms with Gasteiger partial charge in [-0.15, -0.1) is 11.3 Å². The Morgan fingerprint density at radius 2 is 2.30 bits per heavy atom. The van der Waals surface area contributed by atoms with E-state index in [4.69, 9.17) is 4.42 Å². The van der Waals surface area contributed by atoms with Gasteiger partial charge in [-0.3, -0.25) is 0 Å². The van der Waals surface area contributed by atoms with Gasteiger partial charge in [0.1, 0.15) is 5.76 Å². The van der Waals surface area contributed by atoms with Gasteiger partial charge in [0.25, 0.3) is 0 Å². The summed E-state index contributed by atoms with van der Waals surface area (Å²) >= 11 is 1.84. The first-order chi connectivity index (χ1) is 9.81. The van der Waals surface area contributed by atoms with Crippen LogP contribution in [0.4, 0.5) is 0 Å². The standard InChI is InChI=1S/C16H22N2OS/c1-18(8-6-15-3-2-10-20-15)12-13-7-9-19-16(13)11-17-14-4-5-14/h2-3,7,9-10,14,17H,4-6,8,11-12H2,1H3. The van der Waals surface area contributed by atoms with Crippen LogP contribution in [0.5, 0.6) is 0 Å². The zero-order chi connectivity index (χ0) is 13.8. The largest absolute Gasteiger partial charge is 0.468 e. The molecule has 108 valence electrons. The summed E-state index contributed by atoms with van der Waals surface area (Å²) in [5, 5.41) is 5.66. The van der Waals surface area contributed by atoms with Crippen molar-refractivity contribution < 1.29 is 4.42 Å². The van der Waals surface area contributed by atoms with Gasteiger partial charge in [-0.25, -0.2) is 0 Å². The number of rotatable bonds is 8. The highest BCUT2D eigenvalue weighted by atomic mass is 32.1. The molecule has 0 radical (unpaired) electrons. The van der Waals surface area contributed by atoms with Gasteiger partial charge in [0, 0.05) is 29.6 Å². The molecule has 0 spiro atoms. The summed E-state index contributed by atoms with van der Waals surface area (Å²) < 4.78 is 5.61. The average molecular weight is 290 g/mol. The topological polar surface area (TPSA) is 28.4 Å². The van der Waals surface area contributed by atoms with E-state index in [0.29, 0.717) is 0 Å². The maximum atomic E-state index is 5.61. The number of nitrogens with one attached hydrogen (secondary N) is 1. The van der Waals surface area contributed by atoms with Crippen LogP contribution in [0, 0.1) is 0 Å². The zero-order valence-electron chi connectivity index (χ0n) is 12.0. The Kier molecular flexibility index (Phi) is 4.55. The third-order valence-electron chi connectivity index (χ3n) is 3.73. The summed E-state index contributed by atoms with van der Waals surface area (Å²) in [6.45, 7) is 2.91. The van der Waals surface area contributed by atoms with E-state index < -0.39 is 0 Å². The Labute approximate surface area is 124 Å². The van der Waals surface area contributed by atoms with Gasteiger partial charge >= 0.3 is 0 Å². The lowest BCUT2D eigenvalue weighted by Crippen LogP contribution is -2.22. The minimum Gasteiger partial charge on any atom is -0.468 e. The Hall–Kier alpha value is -1.10. The van der Waals surface area contributed by atoms with Gasteiger partial charge in [-0.1, -0.05) is 6.07 Å². The second kappa shape index (κ2) is 6.57. The molecule has 0 aliphatic heterocycles. The first-order valence-electron chi connectivity index (χ1n) is 7.31. The summed E-state index contributed by atoms with van der Waals surface area (Å²) in [7, 11) is 2.18. The summed E-state index contributed by atoms with van der Waals surface area (Å²) in [5.74, 6) is 1.10. The molecule has 1 N–H and O–H groups in total. The molecule has 2 aromatic heterocycles. The fourth-order valence-corrected chi connectivity index (χ4v) is 3.01. The Morgan fingerprint density at radius 3 is 3.05 bits per heavy atom. The molecule has 1 fully saturated rings. The van der Waals surface area contributed by atoms with E-state index in [1.807, 2.05) is 17.6 Å². The van der Waals surface area contributed by atoms with Gasteiger partial charge < -0.3 is 14.6 Å². The van der Waals surface area contributed by atoms with E-state index in [-0.39, 0.29) is 0 Å². The highest BCUT2D eigenvalue weighted by molar-refractivity contribution is 7.09. The van der Waals surface area contributed by atoms with Crippen LogP contribution in [0.3, 0.4) is 0 Å². The molecular weight excluding hydrogens is 268 g/mol. The van der Waals surface area contributed by atoms with Crippen LogP contribution in [-0.4, -0.2) is 24.5 Å². The zero-order valence-corrected chi connectivity index (χ0v) is 12.8. The molecule has 0 unspecified atom stereocenters. The molecule has 0 aromatic carbocycles. The van der Waals surface area contributed by atoms with Crippen molar-refractivity contribution >= 4 is 11.3 Å². The van der Waals surface area contributed by atoms with Crippen LogP contribution >= 0.6 is 11.3 Å². The predicted octanol–water partition coefficient (Wildman–Crippen LogP) is 3.27. The predicted molar refractivity (Wildman–Crippen MR) is 82.9 cm³/mol. The van der Waals surface area contributed by atoms with Gasteiger partial charge in [0.15, 0.2) is 0 Å². The van der Waals surface area contributed by atoms with Gasteiger partial charge in [-0.2, -0.15) is 0 Å². The number of furan rings is 1. The Bertz CT molecular complexity index is 516. The minimum absolute atomic E-state index is 0.726. The Morgan fingerprint density at radius 1 is 1.40 bits per heavy atom. The van der Waals surface area contributed by atoms with E-state index in [9.17, 15) is 0 Å². The van der Waals surface area contributed by atoms with Crippen molar-refractivity contribution in [1.29, 1.82) is 0 Å². The van der Waals surface area contributed by atoms with Crippen LogP contribution in [0.2, 0.25) is 0 Å². The van der Waals surface area contributed by atoms with Crippen LogP contribution < -0.4 is 5.32 Å². The lowest BCUT2D eigenvalue weighted by molar-refractivity contribution is 0.327. The molecule has 0 saturated heterocycles. The van der Waals surface area contributed by atoms with Gasteiger partial charge in [-0.05, 0) is 43.8 Å². The molecule has 20 heavy (non-hydrogen) atoms. The highest BCUT2D eigenvalue weighted by Crippen LogP contribution is 2.21. The van der Waals surface area contributed by atoms with Gasteiger partial charge in [0.2, 0.25) is 0 Å². The van der Waals surface area contributed by atoms with Crippen LogP contribution in [-0.2, 0) is 19.5 Å². The average Bonchev–Trinajstić information content (AvgIpc) is 2.95. The molecule has 3 nitrogen and oxygen atoms in total. The smallest absolute Gasteiger partial charge is 0.122 e. The molecule has 2 heterocycles. The molecule has 0 bridgehead atoms. The lowest BCUT2D eigenvalue weighted by atomic mass is 10.2. The summed E-state index contributed by atoms with van der Waals surface area (Å²) in [6.07, 6.45) is 5.57. The number of hydrogen-bond donors (Lipinski definition) is 1. The van der Waals surface area contributed by atoms with E-state index in [1.54, 1.807) is 0 Å². The summed E-state index contributed by atoms with van der Waals surface area (Å²) in [6, 6.07) is 7.16. The normalized spacial score (nSPS) is 15.1. The van der Waals surface area contributed by atoms with Crippen molar-refractivity contribution in [1.82, 2.24) is 10.2 Å². The molecule has 1 aliphatic carbocycles. The SMILES string of the molecule is CN(CCc1cccs1)Cc1ccoc1CNC1CC1. The van der Waals surface area contributed by atoms with Crippen LogP contribution in [0.25, 0.3) is 0 Å². The second-order valence-corrected chi connectivity index (χ2v) is 6.62. The fourth-order valence-electron chi connectivity index (χ4n) is 2.31. The maximum Gasteiger partial charge on any atom is 0.122 e. The van der Waals surface area contributed by atoms with Crippen molar-refractivity contribution in [2.24, 2.45) is 0 Å². The maximum absolute atomic E-state index is 5.61. The van der Waals surface area contributed by atoms with E-state index in [2.05, 4.69) is 40.8 Å². The van der Waals surface area contributed by atoms with Crippen molar-refractivity contribution in [2.45, 2.75) is 38.4 Å².